The quantitative estimate of drug-likeness (QED) is 0.114. The molecule has 4 aromatic rings. The molecule has 2 aromatic carbocycles. The summed E-state index contributed by atoms with van der Waals surface area (Å²) in [5.74, 6) is -1.34. The molecule has 2 heterocycles. The van der Waals surface area contributed by atoms with Crippen molar-refractivity contribution in [2.45, 2.75) is 65.4 Å². The minimum absolute atomic E-state index is 0. The van der Waals surface area contributed by atoms with E-state index >= 15 is 0 Å². The van der Waals surface area contributed by atoms with Crippen molar-refractivity contribution in [3.8, 4) is 22.9 Å². The molecule has 0 radical (unpaired) electrons. The average Bonchev–Trinajstić information content (AvgIpc) is 3.05. The monoisotopic (exact) mass is 741 g/mol. The molecule has 1 atom stereocenters. The van der Waals surface area contributed by atoms with Gasteiger partial charge in [-0.2, -0.15) is 4.98 Å². The Labute approximate surface area is 304 Å². The number of nitrogens with one attached hydrogen (secondary N) is 2. The van der Waals surface area contributed by atoms with Crippen molar-refractivity contribution in [2.75, 3.05) is 24.5 Å². The first-order chi connectivity index (χ1) is 23.6. The zero-order valence-electron chi connectivity index (χ0n) is 29.4. The Morgan fingerprint density at radius 2 is 1.67 bits per heavy atom. The Hall–Kier alpha value is -4.79. The summed E-state index contributed by atoms with van der Waals surface area (Å²) in [7, 11) is -4.26. The predicted octanol–water partition coefficient (Wildman–Crippen LogP) is 5.99. The van der Waals surface area contributed by atoms with Gasteiger partial charge in [0.25, 0.3) is 10.0 Å². The number of esters is 1. The van der Waals surface area contributed by atoms with Crippen molar-refractivity contribution in [2.24, 2.45) is 5.41 Å². The van der Waals surface area contributed by atoms with Crippen LogP contribution in [0.2, 0.25) is 0 Å². The molecule has 0 saturated heterocycles. The van der Waals surface area contributed by atoms with Gasteiger partial charge in [-0.3, -0.25) is 4.98 Å². The van der Waals surface area contributed by atoms with Gasteiger partial charge in [-0.15, -0.1) is 12.4 Å². The molecule has 4 rings (SSSR count). The highest BCUT2D eigenvalue weighted by atomic mass is 35.5. The second kappa shape index (κ2) is 17.9. The van der Waals surface area contributed by atoms with E-state index in [1.165, 1.54) is 18.2 Å². The van der Waals surface area contributed by atoms with E-state index in [-0.39, 0.29) is 66.0 Å². The molecule has 0 unspecified atom stereocenters. The third-order valence-corrected chi connectivity index (χ3v) is 8.71. The van der Waals surface area contributed by atoms with E-state index in [2.05, 4.69) is 45.8 Å². The summed E-state index contributed by atoms with van der Waals surface area (Å²) in [5, 5.41) is 12.9. The molecule has 0 aliphatic heterocycles. The number of pyridine rings is 1. The number of carboxylic acids is 1. The molecule has 2 aromatic heterocycles. The number of sulfonamides is 1. The van der Waals surface area contributed by atoms with Crippen LogP contribution in [0, 0.1) is 19.3 Å². The highest BCUT2D eigenvalue weighted by Gasteiger charge is 2.23. The Morgan fingerprint density at radius 1 is 0.961 bits per heavy atom. The Morgan fingerprint density at radius 3 is 2.29 bits per heavy atom. The summed E-state index contributed by atoms with van der Waals surface area (Å²) in [4.78, 5) is 36.2. The summed E-state index contributed by atoms with van der Waals surface area (Å²) in [6.07, 6.45) is 2.27. The van der Waals surface area contributed by atoms with Gasteiger partial charge in [0.05, 0.1) is 34.7 Å². The number of anilines is 1. The van der Waals surface area contributed by atoms with E-state index in [1.807, 2.05) is 32.0 Å². The van der Waals surface area contributed by atoms with Crippen LogP contribution in [0.4, 0.5) is 5.95 Å². The molecule has 51 heavy (non-hydrogen) atoms. The van der Waals surface area contributed by atoms with Crippen molar-refractivity contribution in [1.29, 1.82) is 0 Å². The van der Waals surface area contributed by atoms with Gasteiger partial charge < -0.3 is 24.6 Å². The van der Waals surface area contributed by atoms with Gasteiger partial charge in [-0.1, -0.05) is 45.0 Å². The lowest BCUT2D eigenvalue weighted by atomic mass is 9.88. The fourth-order valence-corrected chi connectivity index (χ4v) is 6.17. The molecule has 0 saturated carbocycles. The lowest BCUT2D eigenvalue weighted by Gasteiger charge is -2.27. The fraction of sp³-hybridized carbons (Fsp3) is 0.361. The van der Waals surface area contributed by atoms with Gasteiger partial charge in [0.1, 0.15) is 12.4 Å². The highest BCUT2D eigenvalue weighted by Crippen LogP contribution is 2.30. The number of rotatable bonds is 16. The number of hydrogen-bond acceptors (Lipinski definition) is 11. The number of carbonyl (C=O) groups is 2. The van der Waals surface area contributed by atoms with Crippen LogP contribution < -0.4 is 19.5 Å². The first kappa shape index (κ1) is 40.6. The maximum Gasteiger partial charge on any atom is 0.344 e. The van der Waals surface area contributed by atoms with E-state index in [9.17, 15) is 23.1 Å². The van der Waals surface area contributed by atoms with Gasteiger partial charge >= 0.3 is 11.9 Å². The second-order valence-electron chi connectivity index (χ2n) is 12.9. The Kier molecular flexibility index (Phi) is 14.3. The van der Waals surface area contributed by atoms with E-state index in [1.54, 1.807) is 31.3 Å². The summed E-state index contributed by atoms with van der Waals surface area (Å²) in [5.41, 5.74) is 3.61. The number of aryl methyl sites for hydroxylation is 2. The third-order valence-electron chi connectivity index (χ3n) is 7.38. The van der Waals surface area contributed by atoms with E-state index in [4.69, 9.17) is 14.2 Å². The molecular formula is C36H44ClN5O8S. The van der Waals surface area contributed by atoms with Gasteiger partial charge in [0.15, 0.2) is 6.61 Å². The predicted molar refractivity (Wildman–Crippen MR) is 195 cm³/mol. The SMILES string of the molecule is CCOC(=O)COc1ccc(CN[C@@H](COc2cc(-c3c(C)cccc3C)nc(NS(=O)(=O)c3cccc(C(=O)O)c3)n2)CC(C)(C)C)nc1.Cl. The van der Waals surface area contributed by atoms with Gasteiger partial charge in [0, 0.05) is 24.2 Å². The lowest BCUT2D eigenvalue weighted by Crippen LogP contribution is -2.37. The van der Waals surface area contributed by atoms with Crippen LogP contribution in [0.1, 0.15) is 61.3 Å². The van der Waals surface area contributed by atoms with Crippen molar-refractivity contribution < 1.29 is 37.3 Å². The van der Waals surface area contributed by atoms with Crippen LogP contribution in [-0.4, -0.2) is 66.3 Å². The van der Waals surface area contributed by atoms with Crippen molar-refractivity contribution in [3.05, 3.63) is 89.2 Å². The first-order valence-corrected chi connectivity index (χ1v) is 17.5. The summed E-state index contributed by atoms with van der Waals surface area (Å²) >= 11 is 0. The lowest BCUT2D eigenvalue weighted by molar-refractivity contribution is -0.145. The molecular weight excluding hydrogens is 698 g/mol. The third kappa shape index (κ3) is 12.2. The summed E-state index contributed by atoms with van der Waals surface area (Å²) < 4.78 is 45.7. The number of aromatic carboxylic acids is 1. The van der Waals surface area contributed by atoms with Crippen LogP contribution in [0.5, 0.6) is 11.6 Å². The van der Waals surface area contributed by atoms with Crippen molar-refractivity contribution in [3.63, 3.8) is 0 Å². The van der Waals surface area contributed by atoms with Crippen LogP contribution in [0.15, 0.2) is 71.8 Å². The van der Waals surface area contributed by atoms with E-state index < -0.39 is 22.0 Å². The van der Waals surface area contributed by atoms with Crippen molar-refractivity contribution in [1.82, 2.24) is 20.3 Å². The number of benzene rings is 2. The standard InChI is InChI=1S/C36H43N5O8S.ClH/c1-7-47-32(42)22-48-28-15-14-26(38-20-28)19-37-27(18-36(4,5)6)21-49-31-17-30(33-23(2)10-8-11-24(33)3)39-35(40-31)41-50(45,46)29-13-9-12-25(16-29)34(43)44;/h8-17,20,27,37H,7,18-19,21-22H2,1-6H3,(H,43,44)(H,39,40,41);1H/t27-;/m1./s1. The minimum atomic E-state index is -4.26. The number of carboxylic acid groups (broad SMARTS) is 1. The zero-order valence-corrected chi connectivity index (χ0v) is 31.1. The number of aromatic nitrogens is 3. The Balaban J connectivity index is 0.00000702. The van der Waals surface area contributed by atoms with Gasteiger partial charge in [0.2, 0.25) is 11.8 Å². The number of ether oxygens (including phenoxy) is 3. The molecule has 3 N–H and O–H groups in total. The molecule has 274 valence electrons. The largest absolute Gasteiger partial charge is 0.480 e. The number of halogens is 1. The highest BCUT2D eigenvalue weighted by molar-refractivity contribution is 7.92. The summed E-state index contributed by atoms with van der Waals surface area (Å²) in [6.45, 7) is 12.6. The average molecular weight is 742 g/mol. The number of carbonyl (C=O) groups excluding carboxylic acids is 1. The molecule has 0 fully saturated rings. The first-order valence-electron chi connectivity index (χ1n) is 16.0. The van der Waals surface area contributed by atoms with Crippen LogP contribution in [-0.2, 0) is 26.1 Å². The maximum absolute atomic E-state index is 13.4. The van der Waals surface area contributed by atoms with Crippen LogP contribution >= 0.6 is 12.4 Å². The molecule has 0 bridgehead atoms. The second-order valence-corrected chi connectivity index (χ2v) is 14.5. The normalized spacial score (nSPS) is 12.0. The summed E-state index contributed by atoms with van der Waals surface area (Å²) in [6, 6.07) is 15.9. The van der Waals surface area contributed by atoms with Crippen LogP contribution in [0.25, 0.3) is 11.3 Å². The topological polar surface area (TPSA) is 179 Å². The minimum Gasteiger partial charge on any atom is -0.480 e. The fourth-order valence-electron chi connectivity index (χ4n) is 5.18. The molecule has 15 heteroatoms. The van der Waals surface area contributed by atoms with Gasteiger partial charge in [-0.05, 0) is 74.1 Å². The van der Waals surface area contributed by atoms with Gasteiger partial charge in [-0.25, -0.2) is 27.7 Å². The molecule has 0 aliphatic carbocycles. The zero-order chi connectivity index (χ0) is 36.5. The van der Waals surface area contributed by atoms with E-state index in [0.29, 0.717) is 18.0 Å². The number of hydrogen-bond donors (Lipinski definition) is 3. The molecule has 0 spiro atoms. The molecule has 0 amide bonds. The van der Waals surface area contributed by atoms with Crippen LogP contribution in [0.3, 0.4) is 0 Å². The Bertz CT molecular complexity index is 1900. The van der Waals surface area contributed by atoms with Crippen molar-refractivity contribution >= 4 is 40.3 Å². The maximum atomic E-state index is 13.4. The molecule has 13 nitrogen and oxygen atoms in total. The number of nitrogens with zero attached hydrogens (tertiary/aromatic N) is 3. The van der Waals surface area contributed by atoms with E-state index in [0.717, 1.165) is 34.9 Å². The smallest absolute Gasteiger partial charge is 0.344 e. The molecule has 0 aliphatic rings.